The molecule has 1 aromatic heterocycles. The maximum atomic E-state index is 15.0. The molecule has 1 fully saturated rings. The molecule has 0 aliphatic carbocycles. The van der Waals surface area contributed by atoms with Gasteiger partial charge in [0.15, 0.2) is 0 Å². The number of hydrogen-bond acceptors (Lipinski definition) is 4. The first kappa shape index (κ1) is 25.9. The fourth-order valence-corrected chi connectivity index (χ4v) is 4.24. The van der Waals surface area contributed by atoms with Crippen molar-refractivity contribution >= 4 is 17.9 Å². The van der Waals surface area contributed by atoms with Gasteiger partial charge < -0.3 is 25.2 Å². The molecule has 1 aliphatic heterocycles. The second-order valence-electron chi connectivity index (χ2n) is 8.74. The van der Waals surface area contributed by atoms with Crippen molar-refractivity contribution in [2.75, 3.05) is 26.2 Å². The lowest BCUT2D eigenvalue weighted by atomic mass is 9.90. The van der Waals surface area contributed by atoms with Crippen LogP contribution in [0.4, 0.5) is 9.18 Å². The maximum Gasteiger partial charge on any atom is 0.407 e. The number of halogens is 1. The van der Waals surface area contributed by atoms with E-state index in [1.807, 2.05) is 30.3 Å². The first-order chi connectivity index (χ1) is 16.7. The molecule has 2 aromatic rings. The molecule has 3 N–H and O–H groups in total. The Kier molecular flexibility index (Phi) is 8.62. The highest BCUT2D eigenvalue weighted by atomic mass is 19.1. The average Bonchev–Trinajstić information content (AvgIpc) is 2.83. The van der Waals surface area contributed by atoms with Gasteiger partial charge in [-0.3, -0.25) is 14.4 Å². The van der Waals surface area contributed by atoms with Crippen LogP contribution in [0.5, 0.6) is 0 Å². The molecular formula is C25H31FN4O5. The second-order valence-corrected chi connectivity index (χ2v) is 8.74. The lowest BCUT2D eigenvalue weighted by Crippen LogP contribution is -2.47. The highest BCUT2D eigenvalue weighted by Gasteiger charge is 2.36. The van der Waals surface area contributed by atoms with E-state index in [2.05, 4.69) is 10.6 Å². The van der Waals surface area contributed by atoms with Crippen molar-refractivity contribution in [2.45, 2.75) is 44.8 Å². The molecule has 188 valence electrons. The summed E-state index contributed by atoms with van der Waals surface area (Å²) in [6.07, 6.45) is 1.47. The molecule has 1 aliphatic rings. The average molecular weight is 487 g/mol. The molecule has 3 amide bonds. The Morgan fingerprint density at radius 1 is 1.14 bits per heavy atom. The number of carbonyl (C=O) groups excluding carboxylic acids is 2. The largest absolute Gasteiger partial charge is 0.465 e. The van der Waals surface area contributed by atoms with Crippen LogP contribution in [0.1, 0.15) is 58.9 Å². The Labute approximate surface area is 202 Å². The van der Waals surface area contributed by atoms with Crippen molar-refractivity contribution in [3.63, 3.8) is 0 Å². The smallest absolute Gasteiger partial charge is 0.407 e. The number of rotatable bonds is 9. The third kappa shape index (κ3) is 6.91. The number of nitrogens with one attached hydrogen (secondary N) is 2. The van der Waals surface area contributed by atoms with Crippen molar-refractivity contribution in [2.24, 2.45) is 0 Å². The van der Waals surface area contributed by atoms with Gasteiger partial charge in [-0.2, -0.15) is 0 Å². The summed E-state index contributed by atoms with van der Waals surface area (Å²) in [5, 5.41) is 14.4. The molecule has 1 unspecified atom stereocenters. The lowest BCUT2D eigenvalue weighted by molar-refractivity contribution is 0.0378. The molecule has 2 heterocycles. The third-order valence-corrected chi connectivity index (χ3v) is 6.01. The van der Waals surface area contributed by atoms with Gasteiger partial charge in [-0.15, -0.1) is 0 Å². The third-order valence-electron chi connectivity index (χ3n) is 6.01. The number of amides is 3. The SMILES string of the molecule is CCNC(=O)c1cc(C(=O)NCCCC2(F)CCCN(C(=O)O)C2)cn(Cc2ccccc2)c1=O. The number of alkyl halides is 1. The molecule has 9 nitrogen and oxygen atoms in total. The summed E-state index contributed by atoms with van der Waals surface area (Å²) in [5.74, 6) is -1.05. The summed E-state index contributed by atoms with van der Waals surface area (Å²) in [5.41, 5.74) is -1.27. The monoisotopic (exact) mass is 486 g/mol. The number of benzene rings is 1. The van der Waals surface area contributed by atoms with Gasteiger partial charge in [-0.25, -0.2) is 9.18 Å². The predicted molar refractivity (Wildman–Crippen MR) is 128 cm³/mol. The number of piperidine rings is 1. The molecular weight excluding hydrogens is 455 g/mol. The summed E-state index contributed by atoms with van der Waals surface area (Å²) in [6.45, 7) is 2.58. The Hall–Kier alpha value is -3.69. The van der Waals surface area contributed by atoms with E-state index in [0.29, 0.717) is 25.9 Å². The number of carboxylic acid groups (broad SMARTS) is 1. The van der Waals surface area contributed by atoms with Crippen LogP contribution in [0.3, 0.4) is 0 Å². The molecule has 0 spiro atoms. The van der Waals surface area contributed by atoms with Crippen LogP contribution in [0, 0.1) is 0 Å². The zero-order valence-electron chi connectivity index (χ0n) is 19.8. The van der Waals surface area contributed by atoms with Crippen LogP contribution < -0.4 is 16.2 Å². The van der Waals surface area contributed by atoms with Gasteiger partial charge in [0.1, 0.15) is 11.2 Å². The summed E-state index contributed by atoms with van der Waals surface area (Å²) in [7, 11) is 0. The van der Waals surface area contributed by atoms with Gasteiger partial charge in [0.05, 0.1) is 18.7 Å². The standard InChI is InChI=1S/C25H31FN4O5/c1-2-27-22(32)20-14-19(16-30(23(20)33)15-18-8-4-3-5-9-18)21(31)28-12-6-10-25(26)11-7-13-29(17-25)24(34)35/h3-5,8-9,14,16H,2,6-7,10-13,15,17H2,1H3,(H,27,32)(H,28,31)(H,34,35). The highest BCUT2D eigenvalue weighted by Crippen LogP contribution is 2.29. The zero-order valence-corrected chi connectivity index (χ0v) is 19.8. The van der Waals surface area contributed by atoms with E-state index in [1.165, 1.54) is 16.8 Å². The van der Waals surface area contributed by atoms with Crippen molar-refractivity contribution < 1.29 is 23.9 Å². The van der Waals surface area contributed by atoms with Gasteiger partial charge in [-0.1, -0.05) is 30.3 Å². The summed E-state index contributed by atoms with van der Waals surface area (Å²) >= 11 is 0. The molecule has 0 bridgehead atoms. The zero-order chi connectivity index (χ0) is 25.4. The Balaban J connectivity index is 1.69. The Morgan fingerprint density at radius 2 is 1.89 bits per heavy atom. The van der Waals surface area contributed by atoms with Crippen molar-refractivity contribution in [3.8, 4) is 0 Å². The fourth-order valence-electron chi connectivity index (χ4n) is 4.24. The quantitative estimate of drug-likeness (QED) is 0.471. The van der Waals surface area contributed by atoms with Crippen LogP contribution in [-0.4, -0.2) is 64.3 Å². The lowest BCUT2D eigenvalue weighted by Gasteiger charge is -2.36. The number of nitrogens with zero attached hydrogens (tertiary/aromatic N) is 2. The molecule has 3 rings (SSSR count). The Morgan fingerprint density at radius 3 is 2.57 bits per heavy atom. The van der Waals surface area contributed by atoms with Crippen LogP contribution in [0.2, 0.25) is 0 Å². The van der Waals surface area contributed by atoms with Gasteiger partial charge >= 0.3 is 6.09 Å². The van der Waals surface area contributed by atoms with E-state index in [4.69, 9.17) is 5.11 Å². The number of carbonyl (C=O) groups is 3. The molecule has 1 aromatic carbocycles. The summed E-state index contributed by atoms with van der Waals surface area (Å²) in [4.78, 5) is 50.4. The van der Waals surface area contributed by atoms with Gasteiger partial charge in [0.2, 0.25) is 0 Å². The van der Waals surface area contributed by atoms with E-state index in [1.54, 1.807) is 6.92 Å². The fraction of sp³-hybridized carbons (Fsp3) is 0.440. The summed E-state index contributed by atoms with van der Waals surface area (Å²) < 4.78 is 16.4. The molecule has 1 saturated heterocycles. The number of likely N-dealkylation sites (tertiary alicyclic amines) is 1. The molecule has 1 atom stereocenters. The molecule has 10 heteroatoms. The first-order valence-corrected chi connectivity index (χ1v) is 11.7. The van der Waals surface area contributed by atoms with Gasteiger partial charge in [0, 0.05) is 25.8 Å². The minimum absolute atomic E-state index is 0.120. The van der Waals surface area contributed by atoms with Gasteiger partial charge in [-0.05, 0) is 44.2 Å². The van der Waals surface area contributed by atoms with E-state index < -0.39 is 29.1 Å². The van der Waals surface area contributed by atoms with Crippen LogP contribution >= 0.6 is 0 Å². The van der Waals surface area contributed by atoms with Crippen molar-refractivity contribution in [1.29, 1.82) is 0 Å². The Bertz CT molecular complexity index is 1120. The topological polar surface area (TPSA) is 121 Å². The number of pyridine rings is 1. The van der Waals surface area contributed by atoms with Gasteiger partial charge in [0.25, 0.3) is 17.4 Å². The highest BCUT2D eigenvalue weighted by molar-refractivity contribution is 5.99. The van der Waals surface area contributed by atoms with Crippen molar-refractivity contribution in [1.82, 2.24) is 20.1 Å². The minimum Gasteiger partial charge on any atom is -0.465 e. The maximum absolute atomic E-state index is 15.0. The summed E-state index contributed by atoms with van der Waals surface area (Å²) in [6, 6.07) is 10.5. The van der Waals surface area contributed by atoms with Crippen LogP contribution in [0.15, 0.2) is 47.4 Å². The molecule has 0 radical (unpaired) electrons. The van der Waals surface area contributed by atoms with Crippen LogP contribution in [-0.2, 0) is 6.54 Å². The second kappa shape index (κ2) is 11.6. The van der Waals surface area contributed by atoms with E-state index in [9.17, 15) is 19.2 Å². The van der Waals surface area contributed by atoms with Crippen molar-refractivity contribution in [3.05, 3.63) is 69.6 Å². The molecule has 35 heavy (non-hydrogen) atoms. The number of hydrogen-bond donors (Lipinski definition) is 3. The molecule has 0 saturated carbocycles. The van der Waals surface area contributed by atoms with Crippen LogP contribution in [0.25, 0.3) is 0 Å². The van der Waals surface area contributed by atoms with E-state index in [-0.39, 0.29) is 43.6 Å². The van der Waals surface area contributed by atoms with E-state index in [0.717, 1.165) is 10.5 Å². The number of aromatic nitrogens is 1. The normalized spacial score (nSPS) is 17.6. The minimum atomic E-state index is -1.62. The predicted octanol–water partition coefficient (Wildman–Crippen LogP) is 2.64. The van der Waals surface area contributed by atoms with E-state index >= 15 is 4.39 Å². The first-order valence-electron chi connectivity index (χ1n) is 11.7.